The van der Waals surface area contributed by atoms with Crippen LogP contribution in [0.25, 0.3) is 22.0 Å². The van der Waals surface area contributed by atoms with Gasteiger partial charge in [-0.25, -0.2) is 0 Å². The Morgan fingerprint density at radius 2 is 1.48 bits per heavy atom. The Morgan fingerprint density at radius 1 is 0.880 bits per heavy atom. The monoisotopic (exact) mass is 380 g/mol. The van der Waals surface area contributed by atoms with E-state index in [0.717, 1.165) is 38.8 Å². The van der Waals surface area contributed by atoms with Gasteiger partial charge in [-0.2, -0.15) is 0 Å². The maximum atomic E-state index is 6.06. The Bertz CT molecular complexity index is 841. The van der Waals surface area contributed by atoms with Crippen LogP contribution in [0.4, 0.5) is 5.69 Å². The topological polar surface area (TPSA) is 57.4 Å². The van der Waals surface area contributed by atoms with Gasteiger partial charge in [0.05, 0.1) is 18.9 Å². The number of hydrogen-bond acceptors (Lipinski definition) is 4. The summed E-state index contributed by atoms with van der Waals surface area (Å²) >= 11 is 0. The minimum atomic E-state index is 0. The van der Waals surface area contributed by atoms with E-state index in [-0.39, 0.29) is 24.8 Å². The van der Waals surface area contributed by atoms with Crippen molar-refractivity contribution in [2.45, 2.75) is 13.2 Å². The molecule has 0 aliphatic rings. The molecule has 6 heteroatoms. The number of nitrogens with zero attached hydrogens (tertiary/aromatic N) is 1. The predicted molar refractivity (Wildman–Crippen MR) is 108 cm³/mol. The van der Waals surface area contributed by atoms with Gasteiger partial charge in [0.2, 0.25) is 0 Å². The van der Waals surface area contributed by atoms with Gasteiger partial charge in [0, 0.05) is 37.1 Å². The Labute approximate surface area is 160 Å². The van der Waals surface area contributed by atoms with Crippen LogP contribution in [0.1, 0.15) is 11.1 Å². The molecule has 0 spiro atoms. The number of para-hydroxylation sites is 1. The van der Waals surface area contributed by atoms with Gasteiger partial charge in [-0.15, -0.1) is 24.8 Å². The van der Waals surface area contributed by atoms with Crippen molar-refractivity contribution in [3.63, 3.8) is 0 Å². The Balaban J connectivity index is 0.00000156. The molecule has 0 saturated carbocycles. The summed E-state index contributed by atoms with van der Waals surface area (Å²) in [6.07, 6.45) is 1.88. The van der Waals surface area contributed by atoms with Crippen molar-refractivity contribution in [3.8, 4) is 11.3 Å². The molecule has 2 N–H and O–H groups in total. The second-order valence-electron chi connectivity index (χ2n) is 5.49. The van der Waals surface area contributed by atoms with Crippen LogP contribution >= 0.6 is 24.8 Å². The second-order valence-corrected chi connectivity index (χ2v) is 5.49. The number of anilines is 1. The molecule has 3 rings (SSSR count). The van der Waals surface area contributed by atoms with E-state index in [1.165, 1.54) is 0 Å². The number of nitrogen functional groups attached to an aromatic ring is 1. The number of ether oxygens (including phenoxy) is 2. The zero-order chi connectivity index (χ0) is 16.2. The fraction of sp³-hybridized carbons (Fsp3) is 0.211. The third-order valence-electron chi connectivity index (χ3n) is 3.88. The zero-order valence-electron chi connectivity index (χ0n) is 14.2. The number of fused-ring (bicyclic) bond motifs is 1. The van der Waals surface area contributed by atoms with Crippen molar-refractivity contribution in [2.24, 2.45) is 0 Å². The highest BCUT2D eigenvalue weighted by atomic mass is 35.5. The van der Waals surface area contributed by atoms with Crippen LogP contribution in [-0.4, -0.2) is 19.2 Å². The molecule has 25 heavy (non-hydrogen) atoms. The van der Waals surface area contributed by atoms with Gasteiger partial charge in [-0.3, -0.25) is 4.98 Å². The lowest BCUT2D eigenvalue weighted by Gasteiger charge is -2.12. The number of methoxy groups -OCH3 is 2. The maximum absolute atomic E-state index is 6.06. The molecule has 0 aliphatic carbocycles. The van der Waals surface area contributed by atoms with Crippen LogP contribution in [0, 0.1) is 0 Å². The van der Waals surface area contributed by atoms with Crippen LogP contribution in [0.15, 0.2) is 48.7 Å². The number of aromatic nitrogens is 1. The van der Waals surface area contributed by atoms with E-state index < -0.39 is 0 Å². The van der Waals surface area contributed by atoms with E-state index >= 15 is 0 Å². The van der Waals surface area contributed by atoms with Crippen LogP contribution in [0.5, 0.6) is 0 Å². The Kier molecular flexibility index (Phi) is 8.13. The van der Waals surface area contributed by atoms with Gasteiger partial charge in [0.25, 0.3) is 0 Å². The number of rotatable bonds is 5. The maximum Gasteiger partial charge on any atom is 0.0729 e. The molecule has 0 aliphatic heterocycles. The first-order chi connectivity index (χ1) is 11.2. The number of hydrogen-bond donors (Lipinski definition) is 1. The molecule has 1 aromatic heterocycles. The Hall–Kier alpha value is -1.85. The summed E-state index contributed by atoms with van der Waals surface area (Å²) in [5.41, 5.74) is 10.9. The lowest BCUT2D eigenvalue weighted by atomic mass is 10.0. The standard InChI is InChI=1S/C19H20N2O2.2ClH/c1-22-11-15-7-13-9-19(17-5-3-4-6-18(17)20)21-10-14(13)8-16(15)12-23-2;;/h3-10H,11-12,20H2,1-2H3;2*1H. The molecule has 1 heterocycles. The highest BCUT2D eigenvalue weighted by molar-refractivity contribution is 5.88. The molecule has 0 bridgehead atoms. The molecule has 0 radical (unpaired) electrons. The summed E-state index contributed by atoms with van der Waals surface area (Å²) in [5, 5.41) is 2.19. The second kappa shape index (κ2) is 9.59. The third kappa shape index (κ3) is 4.61. The number of benzene rings is 2. The van der Waals surface area contributed by atoms with E-state index in [1.54, 1.807) is 14.2 Å². The van der Waals surface area contributed by atoms with Crippen LogP contribution in [-0.2, 0) is 22.7 Å². The first kappa shape index (κ1) is 21.2. The highest BCUT2D eigenvalue weighted by Gasteiger charge is 2.08. The summed E-state index contributed by atoms with van der Waals surface area (Å²) in [5.74, 6) is 0. The average molecular weight is 381 g/mol. The summed E-state index contributed by atoms with van der Waals surface area (Å²) in [4.78, 5) is 4.56. The minimum absolute atomic E-state index is 0. The number of halogens is 2. The quantitative estimate of drug-likeness (QED) is 0.656. The average Bonchev–Trinajstić information content (AvgIpc) is 2.56. The van der Waals surface area contributed by atoms with E-state index in [4.69, 9.17) is 15.2 Å². The fourth-order valence-corrected chi connectivity index (χ4v) is 2.75. The van der Waals surface area contributed by atoms with Crippen molar-refractivity contribution in [3.05, 3.63) is 59.8 Å². The van der Waals surface area contributed by atoms with Crippen molar-refractivity contribution >= 4 is 41.3 Å². The van der Waals surface area contributed by atoms with Crippen LogP contribution < -0.4 is 5.73 Å². The molecule has 0 amide bonds. The smallest absolute Gasteiger partial charge is 0.0729 e. The molecule has 0 unspecified atom stereocenters. The van der Waals surface area contributed by atoms with Gasteiger partial charge in [0.15, 0.2) is 0 Å². The van der Waals surface area contributed by atoms with E-state index in [2.05, 4.69) is 23.2 Å². The Morgan fingerprint density at radius 3 is 2.08 bits per heavy atom. The van der Waals surface area contributed by atoms with Gasteiger partial charge in [-0.05, 0) is 40.8 Å². The molecule has 2 aromatic carbocycles. The van der Waals surface area contributed by atoms with E-state index in [1.807, 2.05) is 30.5 Å². The third-order valence-corrected chi connectivity index (χ3v) is 3.88. The van der Waals surface area contributed by atoms with Gasteiger partial charge >= 0.3 is 0 Å². The molecule has 0 saturated heterocycles. The van der Waals surface area contributed by atoms with Gasteiger partial charge in [-0.1, -0.05) is 18.2 Å². The lowest BCUT2D eigenvalue weighted by molar-refractivity contribution is 0.168. The largest absolute Gasteiger partial charge is 0.398 e. The van der Waals surface area contributed by atoms with E-state index in [9.17, 15) is 0 Å². The minimum Gasteiger partial charge on any atom is -0.398 e. The van der Waals surface area contributed by atoms with Crippen molar-refractivity contribution in [1.29, 1.82) is 0 Å². The first-order valence-corrected chi connectivity index (χ1v) is 7.47. The molecule has 4 nitrogen and oxygen atoms in total. The van der Waals surface area contributed by atoms with Crippen molar-refractivity contribution in [1.82, 2.24) is 4.98 Å². The molecular weight excluding hydrogens is 359 g/mol. The molecule has 0 atom stereocenters. The summed E-state index contributed by atoms with van der Waals surface area (Å²) < 4.78 is 10.6. The fourth-order valence-electron chi connectivity index (χ4n) is 2.75. The van der Waals surface area contributed by atoms with Gasteiger partial charge in [0.1, 0.15) is 0 Å². The summed E-state index contributed by atoms with van der Waals surface area (Å²) in [7, 11) is 3.39. The van der Waals surface area contributed by atoms with Gasteiger partial charge < -0.3 is 15.2 Å². The first-order valence-electron chi connectivity index (χ1n) is 7.47. The predicted octanol–water partition coefficient (Wildman–Crippen LogP) is 4.62. The normalized spacial score (nSPS) is 10.2. The zero-order valence-corrected chi connectivity index (χ0v) is 15.8. The summed E-state index contributed by atoms with van der Waals surface area (Å²) in [6, 6.07) is 14.1. The van der Waals surface area contributed by atoms with Crippen molar-refractivity contribution < 1.29 is 9.47 Å². The molecule has 0 fully saturated rings. The highest BCUT2D eigenvalue weighted by Crippen LogP contribution is 2.28. The van der Waals surface area contributed by atoms with Crippen molar-refractivity contribution in [2.75, 3.05) is 20.0 Å². The molecular formula is C19H22Cl2N2O2. The molecule has 134 valence electrons. The molecule has 3 aromatic rings. The number of nitrogens with two attached hydrogens (primary N) is 1. The summed E-state index contributed by atoms with van der Waals surface area (Å²) in [6.45, 7) is 1.11. The SMILES string of the molecule is COCc1cc2cnc(-c3ccccc3N)cc2cc1COC.Cl.Cl. The van der Waals surface area contributed by atoms with Crippen LogP contribution in [0.3, 0.4) is 0 Å². The van der Waals surface area contributed by atoms with E-state index in [0.29, 0.717) is 13.2 Å². The van der Waals surface area contributed by atoms with Crippen LogP contribution in [0.2, 0.25) is 0 Å². The number of pyridine rings is 1. The lowest BCUT2D eigenvalue weighted by Crippen LogP contribution is -1.99.